The predicted octanol–water partition coefficient (Wildman–Crippen LogP) is 1.10. The largest absolute Gasteiger partial charge is 0.374 e. The topological polar surface area (TPSA) is 35.2 Å². The summed E-state index contributed by atoms with van der Waals surface area (Å²) in [7, 11) is 0. The van der Waals surface area contributed by atoms with Gasteiger partial charge in [0.1, 0.15) is 0 Å². The highest BCUT2D eigenvalue weighted by atomic mass is 19.1. The van der Waals surface area contributed by atoms with Crippen LogP contribution in [-0.4, -0.2) is 25.4 Å². The Labute approximate surface area is 61.5 Å². The zero-order valence-corrected chi connectivity index (χ0v) is 6.69. The van der Waals surface area contributed by atoms with Crippen LogP contribution in [0.5, 0.6) is 0 Å². The number of hydrogen-bond acceptors (Lipinski definition) is 2. The smallest absolute Gasteiger partial charge is 0.0916 e. The first-order chi connectivity index (χ1) is 4.62. The molecule has 0 unspecified atom stereocenters. The second-order valence-electron chi connectivity index (χ2n) is 2.85. The highest BCUT2D eigenvalue weighted by Crippen LogP contribution is 2.06. The van der Waals surface area contributed by atoms with Crippen LogP contribution in [0.2, 0.25) is 0 Å². The van der Waals surface area contributed by atoms with Gasteiger partial charge in [0.25, 0.3) is 0 Å². The summed E-state index contributed by atoms with van der Waals surface area (Å²) in [5.74, 6) is 0. The summed E-state index contributed by atoms with van der Waals surface area (Å²) >= 11 is 0. The van der Waals surface area contributed by atoms with E-state index in [2.05, 4.69) is 0 Å². The van der Waals surface area contributed by atoms with Crippen LogP contribution < -0.4 is 5.73 Å². The van der Waals surface area contributed by atoms with Gasteiger partial charge in [-0.25, -0.2) is 0 Å². The van der Waals surface area contributed by atoms with Crippen LogP contribution in [0.25, 0.3) is 0 Å². The highest BCUT2D eigenvalue weighted by Gasteiger charge is 2.14. The third-order valence-electron chi connectivity index (χ3n) is 1.26. The summed E-state index contributed by atoms with van der Waals surface area (Å²) in [4.78, 5) is 0. The highest BCUT2D eigenvalue weighted by molar-refractivity contribution is 4.68. The Hall–Kier alpha value is -0.150. The summed E-state index contributed by atoms with van der Waals surface area (Å²) in [6.07, 6.45) is 0.462. The molecule has 0 bridgehead atoms. The first-order valence-electron chi connectivity index (χ1n) is 3.52. The maximum Gasteiger partial charge on any atom is 0.0916 e. The van der Waals surface area contributed by atoms with Gasteiger partial charge >= 0.3 is 0 Å². The Morgan fingerprint density at radius 1 is 1.50 bits per heavy atom. The second kappa shape index (κ2) is 4.63. The maximum atomic E-state index is 11.6. The van der Waals surface area contributed by atoms with Crippen molar-refractivity contribution in [2.24, 2.45) is 5.73 Å². The lowest BCUT2D eigenvalue weighted by Gasteiger charge is -2.22. The van der Waals surface area contributed by atoms with E-state index in [9.17, 15) is 4.39 Å². The molecule has 0 rings (SSSR count). The molecule has 0 saturated carbocycles. The quantitative estimate of drug-likeness (QED) is 0.594. The normalized spacial score (nSPS) is 12.0. The second-order valence-corrected chi connectivity index (χ2v) is 2.85. The van der Waals surface area contributed by atoms with Crippen molar-refractivity contribution in [2.75, 3.05) is 19.8 Å². The van der Waals surface area contributed by atoms with Crippen molar-refractivity contribution in [3.63, 3.8) is 0 Å². The third kappa shape index (κ3) is 4.70. The van der Waals surface area contributed by atoms with E-state index in [-0.39, 0.29) is 12.3 Å². The average molecular weight is 149 g/mol. The standard InChI is InChI=1S/C7H16FNO/c1-7(2,6-9)10-5-3-4-8/h3-6,9H2,1-2H3. The van der Waals surface area contributed by atoms with Crippen LogP contribution in [0.1, 0.15) is 20.3 Å². The van der Waals surface area contributed by atoms with Crippen LogP contribution in [0.4, 0.5) is 4.39 Å². The molecule has 0 spiro atoms. The van der Waals surface area contributed by atoms with E-state index < -0.39 is 0 Å². The Morgan fingerprint density at radius 2 is 2.10 bits per heavy atom. The molecule has 0 aliphatic rings. The summed E-state index contributed by atoms with van der Waals surface area (Å²) in [6.45, 7) is 4.40. The molecule has 3 heteroatoms. The summed E-state index contributed by atoms with van der Waals surface area (Å²) in [6, 6.07) is 0. The Bertz CT molecular complexity index is 85.7. The van der Waals surface area contributed by atoms with E-state index >= 15 is 0 Å². The first-order valence-corrected chi connectivity index (χ1v) is 3.52. The van der Waals surface area contributed by atoms with Crippen LogP contribution in [0, 0.1) is 0 Å². The van der Waals surface area contributed by atoms with E-state index in [1.165, 1.54) is 0 Å². The molecule has 0 fully saturated rings. The molecule has 0 aromatic heterocycles. The van der Waals surface area contributed by atoms with Gasteiger partial charge < -0.3 is 10.5 Å². The molecule has 0 aliphatic heterocycles. The molecule has 0 aliphatic carbocycles. The fourth-order valence-corrected chi connectivity index (χ4v) is 0.462. The van der Waals surface area contributed by atoms with Gasteiger partial charge in [-0.15, -0.1) is 0 Å². The van der Waals surface area contributed by atoms with Crippen molar-refractivity contribution >= 4 is 0 Å². The molecular formula is C7H16FNO. The molecule has 0 heterocycles. The van der Waals surface area contributed by atoms with Gasteiger partial charge in [0, 0.05) is 13.2 Å². The Morgan fingerprint density at radius 3 is 2.50 bits per heavy atom. The molecule has 2 nitrogen and oxygen atoms in total. The number of alkyl halides is 1. The van der Waals surface area contributed by atoms with Gasteiger partial charge in [-0.2, -0.15) is 0 Å². The zero-order valence-electron chi connectivity index (χ0n) is 6.69. The maximum absolute atomic E-state index is 11.6. The summed E-state index contributed by atoms with van der Waals surface area (Å²) in [5, 5.41) is 0. The van der Waals surface area contributed by atoms with E-state index in [0.717, 1.165) is 0 Å². The lowest BCUT2D eigenvalue weighted by Crippen LogP contribution is -2.34. The SMILES string of the molecule is CC(C)(CN)OCCCF. The van der Waals surface area contributed by atoms with Crippen molar-refractivity contribution in [2.45, 2.75) is 25.9 Å². The minimum Gasteiger partial charge on any atom is -0.374 e. The number of nitrogens with two attached hydrogens (primary N) is 1. The molecule has 2 N–H and O–H groups in total. The lowest BCUT2D eigenvalue weighted by atomic mass is 10.1. The van der Waals surface area contributed by atoms with Crippen molar-refractivity contribution in [1.29, 1.82) is 0 Å². The molecule has 62 valence electrons. The average Bonchev–Trinajstić information content (AvgIpc) is 1.89. The van der Waals surface area contributed by atoms with Crippen LogP contribution >= 0.6 is 0 Å². The van der Waals surface area contributed by atoms with Crippen molar-refractivity contribution in [3.05, 3.63) is 0 Å². The number of hydrogen-bond donors (Lipinski definition) is 1. The van der Waals surface area contributed by atoms with Crippen molar-refractivity contribution in [1.82, 2.24) is 0 Å². The first kappa shape index (κ1) is 9.85. The molecule has 0 aromatic carbocycles. The fraction of sp³-hybridized carbons (Fsp3) is 1.00. The number of rotatable bonds is 5. The lowest BCUT2D eigenvalue weighted by molar-refractivity contribution is -0.0131. The van der Waals surface area contributed by atoms with Gasteiger partial charge in [0.2, 0.25) is 0 Å². The molecule has 0 amide bonds. The number of ether oxygens (including phenoxy) is 1. The van der Waals surface area contributed by atoms with Crippen LogP contribution in [-0.2, 0) is 4.74 Å². The van der Waals surface area contributed by atoms with E-state index in [4.69, 9.17) is 10.5 Å². The summed E-state index contributed by atoms with van der Waals surface area (Å²) in [5.41, 5.74) is 5.07. The van der Waals surface area contributed by atoms with E-state index in [1.54, 1.807) is 0 Å². The molecule has 0 radical (unpaired) electrons. The Kier molecular flexibility index (Phi) is 4.56. The van der Waals surface area contributed by atoms with Gasteiger partial charge in [0.05, 0.1) is 12.3 Å². The molecule has 0 atom stereocenters. The van der Waals surface area contributed by atoms with Crippen LogP contribution in [0.3, 0.4) is 0 Å². The molecule has 10 heavy (non-hydrogen) atoms. The molecule has 0 aromatic rings. The third-order valence-corrected chi connectivity index (χ3v) is 1.26. The van der Waals surface area contributed by atoms with Gasteiger partial charge in [0.15, 0.2) is 0 Å². The Balaban J connectivity index is 3.28. The monoisotopic (exact) mass is 149 g/mol. The van der Waals surface area contributed by atoms with E-state index in [0.29, 0.717) is 19.6 Å². The summed E-state index contributed by atoms with van der Waals surface area (Å²) < 4.78 is 16.8. The minimum atomic E-state index is -0.319. The van der Waals surface area contributed by atoms with Crippen molar-refractivity contribution in [3.8, 4) is 0 Å². The van der Waals surface area contributed by atoms with Gasteiger partial charge in [-0.05, 0) is 20.3 Å². The van der Waals surface area contributed by atoms with Gasteiger partial charge in [-0.1, -0.05) is 0 Å². The van der Waals surface area contributed by atoms with Gasteiger partial charge in [-0.3, -0.25) is 4.39 Å². The zero-order chi connectivity index (χ0) is 8.04. The molecule has 0 saturated heterocycles. The van der Waals surface area contributed by atoms with Crippen molar-refractivity contribution < 1.29 is 9.13 Å². The van der Waals surface area contributed by atoms with Crippen LogP contribution in [0.15, 0.2) is 0 Å². The fourth-order valence-electron chi connectivity index (χ4n) is 0.462. The minimum absolute atomic E-state index is 0.296. The number of halogens is 1. The van der Waals surface area contributed by atoms with E-state index in [1.807, 2.05) is 13.8 Å². The predicted molar refractivity (Wildman–Crippen MR) is 39.7 cm³/mol. The molecular weight excluding hydrogens is 133 g/mol.